The summed E-state index contributed by atoms with van der Waals surface area (Å²) in [5, 5.41) is 3.98. The number of ketones is 1. The Morgan fingerprint density at radius 2 is 2.00 bits per heavy atom. The summed E-state index contributed by atoms with van der Waals surface area (Å²) in [7, 11) is 0. The lowest BCUT2D eigenvalue weighted by Crippen LogP contribution is -2.22. The van der Waals surface area contributed by atoms with E-state index in [2.05, 4.69) is 10.3 Å². The summed E-state index contributed by atoms with van der Waals surface area (Å²) in [5.74, 6) is 0.0935. The second kappa shape index (κ2) is 8.59. The number of hydrogen-bond donors (Lipinski definition) is 1. The van der Waals surface area contributed by atoms with E-state index in [-0.39, 0.29) is 23.0 Å². The lowest BCUT2D eigenvalue weighted by atomic mass is 10.2. The maximum atomic E-state index is 12.9. The van der Waals surface area contributed by atoms with E-state index < -0.39 is 0 Å². The van der Waals surface area contributed by atoms with Crippen LogP contribution in [0.3, 0.4) is 0 Å². The molecule has 0 spiro atoms. The van der Waals surface area contributed by atoms with Gasteiger partial charge in [0.25, 0.3) is 5.56 Å². The molecule has 3 aromatic heterocycles. The van der Waals surface area contributed by atoms with Gasteiger partial charge >= 0.3 is 0 Å². The molecular formula is C19H21N3O3S3. The Bertz CT molecular complexity index is 1110. The lowest BCUT2D eigenvalue weighted by Gasteiger charge is -2.09. The summed E-state index contributed by atoms with van der Waals surface area (Å²) in [5.41, 5.74) is 0.940. The standard InChI is InChI=1S/C19H21N3O3S3/c1-5-22-18(25)16-10(2)11(3)27-17(16)21-19(22)26-9-14(24)15-7-6-13(28-15)8-20-12(4)23/h6-7H,5,8-9H2,1-4H3,(H,20,23). The van der Waals surface area contributed by atoms with Crippen molar-refractivity contribution < 1.29 is 9.59 Å². The van der Waals surface area contributed by atoms with Gasteiger partial charge < -0.3 is 5.32 Å². The van der Waals surface area contributed by atoms with Crippen LogP contribution in [0.4, 0.5) is 0 Å². The number of nitrogens with zero attached hydrogens (tertiary/aromatic N) is 2. The minimum atomic E-state index is -0.102. The van der Waals surface area contributed by atoms with Crippen LogP contribution in [0.5, 0.6) is 0 Å². The molecule has 28 heavy (non-hydrogen) atoms. The van der Waals surface area contributed by atoms with Crippen molar-refractivity contribution in [3.63, 3.8) is 0 Å². The molecule has 6 nitrogen and oxygen atoms in total. The van der Waals surface area contributed by atoms with Crippen molar-refractivity contribution >= 4 is 56.3 Å². The van der Waals surface area contributed by atoms with Crippen LogP contribution < -0.4 is 10.9 Å². The van der Waals surface area contributed by atoms with Gasteiger partial charge in [0.2, 0.25) is 5.91 Å². The third-order valence-electron chi connectivity index (χ3n) is 4.35. The summed E-state index contributed by atoms with van der Waals surface area (Å²) in [4.78, 5) is 44.5. The van der Waals surface area contributed by atoms with Crippen LogP contribution in [0.15, 0.2) is 22.1 Å². The highest BCUT2D eigenvalue weighted by Crippen LogP contribution is 2.29. The number of rotatable bonds is 7. The van der Waals surface area contributed by atoms with E-state index >= 15 is 0 Å². The van der Waals surface area contributed by atoms with Crippen LogP contribution in [0.25, 0.3) is 10.2 Å². The van der Waals surface area contributed by atoms with Crippen molar-refractivity contribution in [3.05, 3.63) is 42.7 Å². The van der Waals surface area contributed by atoms with Crippen LogP contribution in [0.1, 0.15) is 38.8 Å². The first-order valence-electron chi connectivity index (χ1n) is 8.81. The van der Waals surface area contributed by atoms with E-state index in [1.165, 1.54) is 41.4 Å². The Labute approximate surface area is 175 Å². The second-order valence-electron chi connectivity index (χ2n) is 6.29. The molecule has 3 heterocycles. The van der Waals surface area contributed by atoms with Crippen molar-refractivity contribution in [1.29, 1.82) is 0 Å². The number of amides is 1. The van der Waals surface area contributed by atoms with Gasteiger partial charge in [-0.25, -0.2) is 4.98 Å². The smallest absolute Gasteiger partial charge is 0.263 e. The van der Waals surface area contributed by atoms with Gasteiger partial charge in [0.15, 0.2) is 10.9 Å². The molecule has 1 N–H and O–H groups in total. The molecule has 0 aromatic carbocycles. The molecule has 0 aliphatic heterocycles. The molecule has 148 valence electrons. The molecule has 1 amide bonds. The summed E-state index contributed by atoms with van der Waals surface area (Å²) < 4.78 is 1.63. The minimum Gasteiger partial charge on any atom is -0.351 e. The zero-order valence-corrected chi connectivity index (χ0v) is 18.6. The van der Waals surface area contributed by atoms with Crippen molar-refractivity contribution in [1.82, 2.24) is 14.9 Å². The van der Waals surface area contributed by atoms with Gasteiger partial charge in [0, 0.05) is 23.2 Å². The zero-order valence-electron chi connectivity index (χ0n) is 16.1. The number of thioether (sulfide) groups is 1. The van der Waals surface area contributed by atoms with E-state index in [0.29, 0.717) is 28.5 Å². The zero-order chi connectivity index (χ0) is 20.4. The van der Waals surface area contributed by atoms with Gasteiger partial charge in [-0.2, -0.15) is 0 Å². The van der Waals surface area contributed by atoms with Crippen LogP contribution in [0.2, 0.25) is 0 Å². The first-order valence-corrected chi connectivity index (χ1v) is 11.4. The third kappa shape index (κ3) is 4.21. The number of carbonyl (C=O) groups is 2. The van der Waals surface area contributed by atoms with Crippen molar-refractivity contribution in [2.45, 2.75) is 45.9 Å². The molecule has 9 heteroatoms. The quantitative estimate of drug-likeness (QED) is 0.347. The Kier molecular flexibility index (Phi) is 6.36. The van der Waals surface area contributed by atoms with Crippen LogP contribution >= 0.6 is 34.4 Å². The number of aryl methyl sites for hydroxylation is 2. The van der Waals surface area contributed by atoms with Gasteiger partial charge in [0.1, 0.15) is 4.83 Å². The fourth-order valence-electron chi connectivity index (χ4n) is 2.73. The SMILES string of the molecule is CCn1c(SCC(=O)c2ccc(CNC(C)=O)s2)nc2sc(C)c(C)c2c1=O. The van der Waals surface area contributed by atoms with Gasteiger partial charge in [-0.3, -0.25) is 19.0 Å². The highest BCUT2D eigenvalue weighted by Gasteiger charge is 2.18. The monoisotopic (exact) mass is 435 g/mol. The average molecular weight is 436 g/mol. The molecule has 0 bridgehead atoms. The maximum Gasteiger partial charge on any atom is 0.263 e. The molecule has 3 aromatic rings. The first kappa shape index (κ1) is 20.8. The summed E-state index contributed by atoms with van der Waals surface area (Å²) in [6.45, 7) is 8.23. The topological polar surface area (TPSA) is 81.1 Å². The minimum absolute atomic E-state index is 0.0142. The van der Waals surface area contributed by atoms with Crippen LogP contribution in [0, 0.1) is 13.8 Å². The molecule has 0 saturated carbocycles. The number of hydrogen-bond acceptors (Lipinski definition) is 7. The highest BCUT2D eigenvalue weighted by atomic mass is 32.2. The number of aromatic nitrogens is 2. The maximum absolute atomic E-state index is 12.9. The first-order chi connectivity index (χ1) is 13.3. The number of Topliss-reactive ketones (excluding diaryl/α,β-unsaturated/α-hetero) is 1. The van der Waals surface area contributed by atoms with Gasteiger partial charge in [0.05, 0.1) is 22.6 Å². The molecule has 0 unspecified atom stereocenters. The second-order valence-corrected chi connectivity index (χ2v) is 9.61. The van der Waals surface area contributed by atoms with Crippen LogP contribution in [-0.4, -0.2) is 27.0 Å². The Morgan fingerprint density at radius 3 is 2.68 bits per heavy atom. The number of nitrogens with one attached hydrogen (secondary N) is 1. The molecule has 0 fully saturated rings. The fraction of sp³-hybridized carbons (Fsp3) is 0.368. The summed E-state index contributed by atoms with van der Waals surface area (Å²) >= 11 is 4.18. The number of fused-ring (bicyclic) bond motifs is 1. The number of carbonyl (C=O) groups excluding carboxylic acids is 2. The Balaban J connectivity index is 1.79. The van der Waals surface area contributed by atoms with Gasteiger partial charge in [-0.1, -0.05) is 11.8 Å². The predicted molar refractivity (Wildman–Crippen MR) is 116 cm³/mol. The van der Waals surface area contributed by atoms with Crippen LogP contribution in [-0.2, 0) is 17.9 Å². The largest absolute Gasteiger partial charge is 0.351 e. The van der Waals surface area contributed by atoms with E-state index in [1.807, 2.05) is 26.8 Å². The third-order valence-corrected chi connectivity index (χ3v) is 7.55. The van der Waals surface area contributed by atoms with Gasteiger partial charge in [-0.05, 0) is 38.5 Å². The molecule has 3 rings (SSSR count). The summed E-state index contributed by atoms with van der Waals surface area (Å²) in [6, 6.07) is 3.63. The Hall–Kier alpha value is -1.97. The van der Waals surface area contributed by atoms with Crippen molar-refractivity contribution in [2.75, 3.05) is 5.75 Å². The normalized spacial score (nSPS) is 11.1. The molecule has 0 saturated heterocycles. The van der Waals surface area contributed by atoms with Crippen molar-refractivity contribution in [2.24, 2.45) is 0 Å². The number of thiophene rings is 2. The van der Waals surface area contributed by atoms with Gasteiger partial charge in [-0.15, -0.1) is 22.7 Å². The molecule has 0 radical (unpaired) electrons. The van der Waals surface area contributed by atoms with E-state index in [4.69, 9.17) is 0 Å². The fourth-order valence-corrected chi connectivity index (χ4v) is 5.73. The highest BCUT2D eigenvalue weighted by molar-refractivity contribution is 7.99. The average Bonchev–Trinajstić information content (AvgIpc) is 3.23. The molecule has 0 aliphatic rings. The molecule has 0 atom stereocenters. The molecule has 0 aliphatic carbocycles. The van der Waals surface area contributed by atoms with E-state index in [0.717, 1.165) is 20.1 Å². The lowest BCUT2D eigenvalue weighted by molar-refractivity contribution is -0.119. The Morgan fingerprint density at radius 1 is 1.25 bits per heavy atom. The van der Waals surface area contributed by atoms with E-state index in [1.54, 1.807) is 10.6 Å². The summed E-state index contributed by atoms with van der Waals surface area (Å²) in [6.07, 6.45) is 0. The van der Waals surface area contributed by atoms with Crippen molar-refractivity contribution in [3.8, 4) is 0 Å². The molecular weight excluding hydrogens is 414 g/mol. The predicted octanol–water partition coefficient (Wildman–Crippen LogP) is 3.77. The van der Waals surface area contributed by atoms with E-state index in [9.17, 15) is 14.4 Å².